The number of rotatable bonds is 6. The predicted molar refractivity (Wildman–Crippen MR) is 86.9 cm³/mol. The number of likely N-dealkylation sites (N-methyl/N-ethyl adjacent to an activating group) is 1. The molecular weight excluding hydrogens is 360 g/mol. The van der Waals surface area contributed by atoms with Crippen LogP contribution in [-0.4, -0.2) is 103 Å². The van der Waals surface area contributed by atoms with E-state index in [1.165, 1.54) is 0 Å². The molecule has 0 bridgehead atoms. The molecule has 1 heterocycles. The quantitative estimate of drug-likeness (QED) is 0.302. The second kappa shape index (κ2) is 8.68. The Bertz CT molecular complexity index is 555. The molecule has 0 spiro atoms. The van der Waals surface area contributed by atoms with Gasteiger partial charge < -0.3 is 23.4 Å². The third kappa shape index (κ3) is 11.9. The Hall–Kier alpha value is -0.590. The van der Waals surface area contributed by atoms with Crippen LogP contribution in [-0.2, 0) is 26.0 Å². The Morgan fingerprint density at radius 2 is 1.71 bits per heavy atom. The molecule has 0 saturated carbocycles. The molecule has 9 nitrogen and oxygen atoms in total. The minimum atomic E-state index is -4.04. The third-order valence-corrected chi connectivity index (χ3v) is 5.05. The number of likely N-dealkylation sites (tertiary alicyclic amines) is 1. The van der Waals surface area contributed by atoms with Crippen LogP contribution in [0, 0.1) is 11.8 Å². The first-order valence-electron chi connectivity index (χ1n) is 7.34. The van der Waals surface area contributed by atoms with Crippen LogP contribution in [0.15, 0.2) is 0 Å². The van der Waals surface area contributed by atoms with Crippen LogP contribution >= 0.6 is 0 Å². The highest BCUT2D eigenvalue weighted by molar-refractivity contribution is 7.85. The lowest BCUT2D eigenvalue weighted by atomic mass is 10.0. The summed E-state index contributed by atoms with van der Waals surface area (Å²) in [6.07, 6.45) is 0. The zero-order valence-corrected chi connectivity index (χ0v) is 16.4. The number of aliphatic carboxylic acids is 1. The van der Waals surface area contributed by atoms with Crippen molar-refractivity contribution in [1.82, 2.24) is 0 Å². The Labute approximate surface area is 146 Å². The number of carboxylic acid groups (broad SMARTS) is 1. The van der Waals surface area contributed by atoms with Crippen molar-refractivity contribution < 1.29 is 40.6 Å². The third-order valence-electron chi connectivity index (χ3n) is 3.50. The largest absolute Gasteiger partial charge is 0.772 e. The molecule has 0 amide bonds. The highest BCUT2D eigenvalue weighted by Gasteiger charge is 2.41. The smallest absolute Gasteiger partial charge is 0.265 e. The Balaban J connectivity index is 0.000000561. The fourth-order valence-corrected chi connectivity index (χ4v) is 4.50. The molecule has 0 aliphatic carbocycles. The molecule has 1 N–H and O–H groups in total. The molecule has 1 fully saturated rings. The van der Waals surface area contributed by atoms with Gasteiger partial charge in [-0.3, -0.25) is 8.76 Å². The number of carbonyl (C=O) groups is 1. The van der Waals surface area contributed by atoms with Gasteiger partial charge in [0.15, 0.2) is 0 Å². The van der Waals surface area contributed by atoms with Gasteiger partial charge in [-0.2, -0.15) is 8.42 Å². The van der Waals surface area contributed by atoms with Crippen molar-refractivity contribution in [3.63, 3.8) is 0 Å². The maximum absolute atomic E-state index is 10.8. The predicted octanol–water partition coefficient (Wildman–Crippen LogP) is -2.48. The lowest BCUT2D eigenvalue weighted by molar-refractivity contribution is -0.880. The van der Waals surface area contributed by atoms with E-state index < -0.39 is 27.2 Å². The summed E-state index contributed by atoms with van der Waals surface area (Å²) in [4.78, 5) is 9.89. The molecule has 11 heteroatoms. The van der Waals surface area contributed by atoms with Crippen molar-refractivity contribution in [2.75, 3.05) is 66.4 Å². The monoisotopic (exact) mass is 388 g/mol. The van der Waals surface area contributed by atoms with Gasteiger partial charge in [0.2, 0.25) is 0 Å². The van der Waals surface area contributed by atoms with Gasteiger partial charge >= 0.3 is 0 Å². The SMILES string of the molecule is C[N+](C)(C)CC(=O)[O-].C[N+]1(C)CC(CS(=O)[O-])C(CS(=O)(=O)O)C1. The molecule has 1 aliphatic heterocycles. The fourth-order valence-electron chi connectivity index (χ4n) is 2.85. The number of hydrogen-bond acceptors (Lipinski definition) is 6. The van der Waals surface area contributed by atoms with Gasteiger partial charge in [0.1, 0.15) is 6.54 Å². The molecule has 1 saturated heterocycles. The number of hydrogen-bond donors (Lipinski definition) is 1. The molecule has 1 aliphatic rings. The lowest BCUT2D eigenvalue weighted by Crippen LogP contribution is -2.45. The van der Waals surface area contributed by atoms with Gasteiger partial charge in [-0.25, -0.2) is 0 Å². The van der Waals surface area contributed by atoms with E-state index >= 15 is 0 Å². The van der Waals surface area contributed by atoms with Crippen LogP contribution in [0.25, 0.3) is 0 Å². The Kier molecular flexibility index (Phi) is 8.46. The topological polar surface area (TPSA) is 135 Å². The molecule has 1 rings (SSSR count). The van der Waals surface area contributed by atoms with E-state index in [0.29, 0.717) is 22.1 Å². The average molecular weight is 389 g/mol. The molecule has 3 unspecified atom stereocenters. The standard InChI is InChI=1S/C8H17NO5S2.C5H11NO2/c1-9(2)3-7(5-15(10)11)8(4-9)6-16(12,13)14;1-6(2,3)4-5(7)8/h7-8H,3-6H2,1-2H3,(H-,10,11,12,13,14);4H2,1-3H3. The Morgan fingerprint density at radius 1 is 1.25 bits per heavy atom. The molecule has 0 aromatic rings. The van der Waals surface area contributed by atoms with Crippen LogP contribution in [0.1, 0.15) is 0 Å². The van der Waals surface area contributed by atoms with Gasteiger partial charge in [-0.15, -0.1) is 0 Å². The summed E-state index contributed by atoms with van der Waals surface area (Å²) in [5, 5.41) is 9.89. The van der Waals surface area contributed by atoms with Gasteiger partial charge in [0.05, 0.1) is 60.1 Å². The maximum atomic E-state index is 10.8. The van der Waals surface area contributed by atoms with Crippen molar-refractivity contribution in [2.45, 2.75) is 0 Å². The number of nitrogens with zero attached hydrogens (tertiary/aromatic N) is 2. The van der Waals surface area contributed by atoms with Gasteiger partial charge in [0, 0.05) is 17.6 Å². The van der Waals surface area contributed by atoms with E-state index in [1.807, 2.05) is 14.1 Å². The summed E-state index contributed by atoms with van der Waals surface area (Å²) in [5.41, 5.74) is 0. The highest BCUT2D eigenvalue weighted by atomic mass is 32.2. The zero-order chi connectivity index (χ0) is 19.3. The van der Waals surface area contributed by atoms with E-state index in [2.05, 4.69) is 0 Å². The first kappa shape index (κ1) is 23.4. The average Bonchev–Trinajstić information content (AvgIpc) is 2.45. The number of carbonyl (C=O) groups excluding carboxylic acids is 1. The molecule has 0 radical (unpaired) electrons. The van der Waals surface area contributed by atoms with Gasteiger partial charge in [0.25, 0.3) is 10.1 Å². The molecular formula is C13H28N2O7S2. The van der Waals surface area contributed by atoms with Gasteiger partial charge in [-0.05, 0) is 0 Å². The maximum Gasteiger partial charge on any atom is 0.265 e. The van der Waals surface area contributed by atoms with E-state index in [1.54, 1.807) is 21.1 Å². The second-order valence-electron chi connectivity index (χ2n) is 7.86. The summed E-state index contributed by atoms with van der Waals surface area (Å²) < 4.78 is 52.8. The van der Waals surface area contributed by atoms with Crippen molar-refractivity contribution in [3.05, 3.63) is 0 Å². The summed E-state index contributed by atoms with van der Waals surface area (Å²) in [7, 11) is 5.21. The van der Waals surface area contributed by atoms with E-state index in [9.17, 15) is 27.1 Å². The number of quaternary nitrogens is 2. The highest BCUT2D eigenvalue weighted by Crippen LogP contribution is 2.28. The van der Waals surface area contributed by atoms with E-state index in [-0.39, 0.29) is 29.9 Å². The van der Waals surface area contributed by atoms with Crippen molar-refractivity contribution in [1.29, 1.82) is 0 Å². The van der Waals surface area contributed by atoms with Crippen LogP contribution in [0.3, 0.4) is 0 Å². The van der Waals surface area contributed by atoms with E-state index in [0.717, 1.165) is 0 Å². The summed E-state index contributed by atoms with van der Waals surface area (Å²) in [6.45, 7) is 1.26. The molecule has 24 heavy (non-hydrogen) atoms. The van der Waals surface area contributed by atoms with Crippen molar-refractivity contribution >= 4 is 27.2 Å². The second-order valence-corrected chi connectivity index (χ2v) is 10.3. The van der Waals surface area contributed by atoms with Crippen LogP contribution in [0.2, 0.25) is 0 Å². The first-order chi connectivity index (χ1) is 10.5. The molecule has 3 atom stereocenters. The van der Waals surface area contributed by atoms with Crippen molar-refractivity contribution in [2.24, 2.45) is 11.8 Å². The first-order valence-corrected chi connectivity index (χ1v) is 10.2. The summed E-state index contributed by atoms with van der Waals surface area (Å²) in [6, 6.07) is 0. The Morgan fingerprint density at radius 3 is 2.00 bits per heavy atom. The fraction of sp³-hybridized carbons (Fsp3) is 0.923. The van der Waals surface area contributed by atoms with Crippen LogP contribution in [0.4, 0.5) is 0 Å². The normalized spacial score (nSPS) is 24.8. The van der Waals surface area contributed by atoms with Crippen molar-refractivity contribution in [3.8, 4) is 0 Å². The van der Waals surface area contributed by atoms with Gasteiger partial charge in [-0.1, -0.05) is 11.1 Å². The minimum Gasteiger partial charge on any atom is -0.772 e. The molecule has 0 aromatic heterocycles. The molecule has 144 valence electrons. The van der Waals surface area contributed by atoms with Crippen LogP contribution < -0.4 is 5.11 Å². The summed E-state index contributed by atoms with van der Waals surface area (Å²) >= 11 is -2.17. The van der Waals surface area contributed by atoms with E-state index in [4.69, 9.17) is 4.55 Å². The number of carboxylic acids is 1. The lowest BCUT2D eigenvalue weighted by Gasteiger charge is -2.23. The summed E-state index contributed by atoms with van der Waals surface area (Å²) in [5.74, 6) is -1.88. The minimum absolute atomic E-state index is 0.0398. The molecule has 0 aromatic carbocycles. The zero-order valence-electron chi connectivity index (χ0n) is 14.8. The van der Waals surface area contributed by atoms with Crippen LogP contribution in [0.5, 0.6) is 0 Å².